The molecule has 2 aromatic heterocycles. The van der Waals surface area contributed by atoms with Gasteiger partial charge in [0.1, 0.15) is 12.4 Å². The van der Waals surface area contributed by atoms with Crippen molar-refractivity contribution in [2.45, 2.75) is 6.10 Å². The van der Waals surface area contributed by atoms with Crippen LogP contribution in [-0.4, -0.2) is 15.1 Å². The normalized spacial score (nSPS) is 12.7. The predicted molar refractivity (Wildman–Crippen MR) is 55.4 cm³/mol. The number of thiophene rings is 1. The van der Waals surface area contributed by atoms with Crippen molar-refractivity contribution in [3.05, 3.63) is 45.6 Å². The minimum Gasteiger partial charge on any atom is -0.382 e. The summed E-state index contributed by atoms with van der Waals surface area (Å²) in [5, 5.41) is 11.7. The second kappa shape index (κ2) is 4.04. The zero-order valence-corrected chi connectivity index (χ0v) is 8.66. The van der Waals surface area contributed by atoms with Gasteiger partial charge in [0.2, 0.25) is 0 Å². The Bertz CT molecular complexity index is 418. The summed E-state index contributed by atoms with van der Waals surface area (Å²) in [6, 6.07) is 3.46. The summed E-state index contributed by atoms with van der Waals surface area (Å²) >= 11 is 7.29. The van der Waals surface area contributed by atoms with Crippen LogP contribution in [-0.2, 0) is 0 Å². The largest absolute Gasteiger partial charge is 0.382 e. The van der Waals surface area contributed by atoms with Gasteiger partial charge in [0, 0.05) is 11.8 Å². The van der Waals surface area contributed by atoms with Gasteiger partial charge in [-0.25, -0.2) is 9.97 Å². The van der Waals surface area contributed by atoms with E-state index in [1.165, 1.54) is 17.7 Å². The summed E-state index contributed by atoms with van der Waals surface area (Å²) in [6.07, 6.45) is 2.22. The third-order valence-electron chi connectivity index (χ3n) is 1.83. The van der Waals surface area contributed by atoms with Crippen LogP contribution in [0.5, 0.6) is 0 Å². The molecule has 3 nitrogen and oxygen atoms in total. The van der Waals surface area contributed by atoms with Gasteiger partial charge in [-0.05, 0) is 17.5 Å². The molecule has 2 aromatic rings. The van der Waals surface area contributed by atoms with Gasteiger partial charge < -0.3 is 5.11 Å². The van der Waals surface area contributed by atoms with Crippen LogP contribution in [0.15, 0.2) is 30.0 Å². The molecule has 0 radical (unpaired) electrons. The standard InChI is InChI=1S/C9H7ClN2OS/c10-9-6(2-4-14-9)8(13)7-1-3-11-5-12-7/h1-5,8,13H. The van der Waals surface area contributed by atoms with E-state index in [0.717, 1.165) is 0 Å². The Hall–Kier alpha value is -0.970. The quantitative estimate of drug-likeness (QED) is 0.855. The lowest BCUT2D eigenvalue weighted by molar-refractivity contribution is 0.215. The van der Waals surface area contributed by atoms with Crippen LogP contribution in [0.25, 0.3) is 0 Å². The van der Waals surface area contributed by atoms with Crippen LogP contribution in [0.3, 0.4) is 0 Å². The first-order chi connectivity index (χ1) is 6.79. The predicted octanol–water partition coefficient (Wildman–Crippen LogP) is 2.27. The fourth-order valence-electron chi connectivity index (χ4n) is 1.12. The maximum atomic E-state index is 9.89. The Morgan fingerprint density at radius 2 is 2.29 bits per heavy atom. The Kier molecular flexibility index (Phi) is 2.77. The summed E-state index contributed by atoms with van der Waals surface area (Å²) in [7, 11) is 0. The van der Waals surface area contributed by atoms with Crippen molar-refractivity contribution in [2.24, 2.45) is 0 Å². The van der Waals surface area contributed by atoms with Gasteiger partial charge in [0.05, 0.1) is 10.0 Å². The van der Waals surface area contributed by atoms with E-state index >= 15 is 0 Å². The molecule has 1 N–H and O–H groups in total. The molecule has 0 saturated heterocycles. The lowest BCUT2D eigenvalue weighted by Crippen LogP contribution is -2.01. The van der Waals surface area contributed by atoms with E-state index < -0.39 is 6.10 Å². The van der Waals surface area contributed by atoms with Gasteiger partial charge >= 0.3 is 0 Å². The molecule has 2 heterocycles. The van der Waals surface area contributed by atoms with Crippen LogP contribution >= 0.6 is 22.9 Å². The van der Waals surface area contributed by atoms with E-state index in [1.807, 2.05) is 5.38 Å². The molecule has 0 aliphatic carbocycles. The molecule has 1 atom stereocenters. The number of nitrogens with zero attached hydrogens (tertiary/aromatic N) is 2. The van der Waals surface area contributed by atoms with Crippen LogP contribution in [0.4, 0.5) is 0 Å². The van der Waals surface area contributed by atoms with Crippen molar-refractivity contribution < 1.29 is 5.11 Å². The Balaban J connectivity index is 2.34. The molecule has 0 aliphatic rings. The second-order valence-corrected chi connectivity index (χ2v) is 4.20. The van der Waals surface area contributed by atoms with Gasteiger partial charge in [-0.1, -0.05) is 11.6 Å². The SMILES string of the molecule is OC(c1ccncn1)c1ccsc1Cl. The molecule has 14 heavy (non-hydrogen) atoms. The van der Waals surface area contributed by atoms with E-state index in [-0.39, 0.29) is 0 Å². The van der Waals surface area contributed by atoms with Crippen molar-refractivity contribution in [1.82, 2.24) is 9.97 Å². The first kappa shape index (κ1) is 9.58. The molecule has 0 amide bonds. The van der Waals surface area contributed by atoms with Crippen LogP contribution in [0, 0.1) is 0 Å². The Morgan fingerprint density at radius 3 is 2.86 bits per heavy atom. The van der Waals surface area contributed by atoms with Crippen LogP contribution in [0.2, 0.25) is 4.34 Å². The first-order valence-corrected chi connectivity index (χ1v) is 5.21. The number of aliphatic hydroxyl groups excluding tert-OH is 1. The molecule has 0 saturated carbocycles. The molecule has 0 aliphatic heterocycles. The summed E-state index contributed by atoms with van der Waals surface area (Å²) in [4.78, 5) is 7.74. The summed E-state index contributed by atoms with van der Waals surface area (Å²) < 4.78 is 0.594. The maximum Gasteiger partial charge on any atom is 0.123 e. The lowest BCUT2D eigenvalue weighted by Gasteiger charge is -2.07. The fraction of sp³-hybridized carbons (Fsp3) is 0.111. The number of aromatic nitrogens is 2. The van der Waals surface area contributed by atoms with Gasteiger partial charge in [-0.2, -0.15) is 0 Å². The monoisotopic (exact) mass is 226 g/mol. The van der Waals surface area contributed by atoms with E-state index in [1.54, 1.807) is 18.3 Å². The number of hydrogen-bond acceptors (Lipinski definition) is 4. The van der Waals surface area contributed by atoms with Crippen molar-refractivity contribution >= 4 is 22.9 Å². The molecule has 0 fully saturated rings. The van der Waals surface area contributed by atoms with Crippen molar-refractivity contribution in [2.75, 3.05) is 0 Å². The van der Waals surface area contributed by atoms with Crippen molar-refractivity contribution in [3.8, 4) is 0 Å². The smallest absolute Gasteiger partial charge is 0.123 e. The number of aliphatic hydroxyl groups is 1. The number of hydrogen-bond donors (Lipinski definition) is 1. The fourth-order valence-corrected chi connectivity index (χ4v) is 2.09. The van der Waals surface area contributed by atoms with Crippen LogP contribution in [0.1, 0.15) is 17.4 Å². The summed E-state index contributed by atoms with van der Waals surface area (Å²) in [5.41, 5.74) is 1.25. The maximum absolute atomic E-state index is 9.89. The first-order valence-electron chi connectivity index (χ1n) is 3.96. The van der Waals surface area contributed by atoms with Gasteiger partial charge in [0.25, 0.3) is 0 Å². The highest BCUT2D eigenvalue weighted by Crippen LogP contribution is 2.30. The average molecular weight is 227 g/mol. The van der Waals surface area contributed by atoms with Gasteiger partial charge in [0.15, 0.2) is 0 Å². The molecule has 1 unspecified atom stereocenters. The molecule has 72 valence electrons. The van der Waals surface area contributed by atoms with E-state index in [4.69, 9.17) is 11.6 Å². The second-order valence-electron chi connectivity index (χ2n) is 2.69. The third-order valence-corrected chi connectivity index (χ3v) is 3.03. The molecule has 5 heteroatoms. The molecule has 0 spiro atoms. The minimum absolute atomic E-state index is 0.556. The van der Waals surface area contributed by atoms with E-state index in [9.17, 15) is 5.11 Å². The highest BCUT2D eigenvalue weighted by atomic mass is 35.5. The average Bonchev–Trinajstić information content (AvgIpc) is 2.65. The van der Waals surface area contributed by atoms with Crippen LogP contribution < -0.4 is 0 Å². The topological polar surface area (TPSA) is 46.0 Å². The molecule has 0 aromatic carbocycles. The minimum atomic E-state index is -0.767. The molecule has 2 rings (SSSR count). The number of rotatable bonds is 2. The number of halogens is 1. The van der Waals surface area contributed by atoms with E-state index in [2.05, 4.69) is 9.97 Å². The van der Waals surface area contributed by atoms with Gasteiger partial charge in [-0.15, -0.1) is 11.3 Å². The molecular formula is C9H7ClN2OS. The van der Waals surface area contributed by atoms with E-state index in [0.29, 0.717) is 15.6 Å². The zero-order valence-electron chi connectivity index (χ0n) is 7.09. The van der Waals surface area contributed by atoms with Crippen molar-refractivity contribution in [3.63, 3.8) is 0 Å². The molecule has 0 bridgehead atoms. The summed E-state index contributed by atoms with van der Waals surface area (Å²) in [5.74, 6) is 0. The molecular weight excluding hydrogens is 220 g/mol. The Labute approximate surface area is 90.0 Å². The lowest BCUT2D eigenvalue weighted by atomic mass is 10.1. The van der Waals surface area contributed by atoms with Crippen molar-refractivity contribution in [1.29, 1.82) is 0 Å². The van der Waals surface area contributed by atoms with Gasteiger partial charge in [-0.3, -0.25) is 0 Å². The zero-order chi connectivity index (χ0) is 9.97. The highest BCUT2D eigenvalue weighted by Gasteiger charge is 2.15. The summed E-state index contributed by atoms with van der Waals surface area (Å²) in [6.45, 7) is 0. The third kappa shape index (κ3) is 1.77. The Morgan fingerprint density at radius 1 is 1.43 bits per heavy atom. The highest BCUT2D eigenvalue weighted by molar-refractivity contribution is 7.14.